The zero-order valence-electron chi connectivity index (χ0n) is 6.74. The standard InChI is InChI=1S/C6H14I3P/c1-5(2)10(7,8,9)6(3)4/h5-6H,1-4H3. The second kappa shape index (κ2) is 3.78. The molecule has 0 saturated heterocycles. The van der Waals surface area contributed by atoms with Crippen molar-refractivity contribution in [3.63, 3.8) is 0 Å². The van der Waals surface area contributed by atoms with Crippen LogP contribution in [-0.4, -0.2) is 11.3 Å². The summed E-state index contributed by atoms with van der Waals surface area (Å²) in [4.78, 5) is 0. The van der Waals surface area contributed by atoms with Gasteiger partial charge in [0.25, 0.3) is 0 Å². The quantitative estimate of drug-likeness (QED) is 0.354. The fourth-order valence-corrected chi connectivity index (χ4v) is 1.79. The normalized spacial score (nSPS) is 17.5. The first-order chi connectivity index (χ1) is 4.17. The van der Waals surface area contributed by atoms with Crippen LogP contribution in [0.1, 0.15) is 27.7 Å². The van der Waals surface area contributed by atoms with Crippen molar-refractivity contribution < 1.29 is 0 Å². The van der Waals surface area contributed by atoms with E-state index in [0.29, 0.717) is 0 Å². The van der Waals surface area contributed by atoms with E-state index in [0.717, 1.165) is 11.3 Å². The molecule has 0 heterocycles. The van der Waals surface area contributed by atoms with Gasteiger partial charge in [-0.2, -0.15) is 0 Å². The molecule has 0 aliphatic carbocycles. The summed E-state index contributed by atoms with van der Waals surface area (Å²) in [5.41, 5.74) is 1.65. The second-order valence-electron chi connectivity index (χ2n) is 3.11. The van der Waals surface area contributed by atoms with Gasteiger partial charge in [0, 0.05) is 0 Å². The number of halogens is 3. The third-order valence-electron chi connectivity index (χ3n) is 1.77. The molecule has 0 atom stereocenters. The molecule has 0 bridgehead atoms. The fourth-order valence-electron chi connectivity index (χ4n) is 0.596. The molecule has 0 aliphatic heterocycles. The van der Waals surface area contributed by atoms with Crippen molar-refractivity contribution in [2.45, 2.75) is 39.0 Å². The molecule has 4 heteroatoms. The molecule has 0 spiro atoms. The third-order valence-corrected chi connectivity index (χ3v) is 25.4. The molecule has 0 nitrogen and oxygen atoms in total. The Labute approximate surface area is 103 Å². The van der Waals surface area contributed by atoms with E-state index in [9.17, 15) is 0 Å². The van der Waals surface area contributed by atoms with Gasteiger partial charge in [0.1, 0.15) is 0 Å². The average molecular weight is 498 g/mol. The van der Waals surface area contributed by atoms with E-state index in [1.165, 1.54) is 0 Å². The summed E-state index contributed by atoms with van der Waals surface area (Å²) in [6, 6.07) is 0. The van der Waals surface area contributed by atoms with Crippen LogP contribution in [-0.2, 0) is 0 Å². The maximum atomic E-state index is 2.69. The van der Waals surface area contributed by atoms with Gasteiger partial charge in [-0.15, -0.1) is 0 Å². The molecular weight excluding hydrogens is 484 g/mol. The van der Waals surface area contributed by atoms with Gasteiger partial charge >= 0.3 is 105 Å². The van der Waals surface area contributed by atoms with Gasteiger partial charge in [-0.1, -0.05) is 0 Å². The van der Waals surface area contributed by atoms with Gasteiger partial charge in [-0.3, -0.25) is 0 Å². The number of rotatable bonds is 2. The predicted molar refractivity (Wildman–Crippen MR) is 79.3 cm³/mol. The Hall–Kier alpha value is 2.62. The number of hydrogen-bond acceptors (Lipinski definition) is 0. The zero-order valence-corrected chi connectivity index (χ0v) is 14.1. The van der Waals surface area contributed by atoms with Crippen LogP contribution in [0.2, 0.25) is 0 Å². The van der Waals surface area contributed by atoms with Crippen molar-refractivity contribution in [2.75, 3.05) is 0 Å². The van der Waals surface area contributed by atoms with Gasteiger partial charge in [0.15, 0.2) is 0 Å². The van der Waals surface area contributed by atoms with E-state index < -0.39 is -0.469 Å². The van der Waals surface area contributed by atoms with E-state index in [2.05, 4.69) is 93.8 Å². The molecule has 0 radical (unpaired) electrons. The Kier molecular flexibility index (Phi) is 4.77. The molecular formula is C6H14I3P. The topological polar surface area (TPSA) is 0 Å². The molecule has 0 rings (SSSR count). The summed E-state index contributed by atoms with van der Waals surface area (Å²) in [6.07, 6.45) is 0. The van der Waals surface area contributed by atoms with Crippen molar-refractivity contribution in [3.05, 3.63) is 0 Å². The van der Waals surface area contributed by atoms with Crippen LogP contribution < -0.4 is 0 Å². The Morgan fingerprint density at radius 1 is 0.800 bits per heavy atom. The van der Waals surface area contributed by atoms with Crippen LogP contribution in [0.4, 0.5) is 0 Å². The monoisotopic (exact) mass is 498 g/mol. The zero-order chi connectivity index (χ0) is 8.60. The van der Waals surface area contributed by atoms with Crippen molar-refractivity contribution in [2.24, 2.45) is 0 Å². The van der Waals surface area contributed by atoms with Crippen LogP contribution in [0.3, 0.4) is 0 Å². The van der Waals surface area contributed by atoms with Crippen LogP contribution in [0.15, 0.2) is 0 Å². The van der Waals surface area contributed by atoms with Crippen LogP contribution in [0.5, 0.6) is 0 Å². The molecule has 10 heavy (non-hydrogen) atoms. The van der Waals surface area contributed by atoms with Crippen molar-refractivity contribution in [1.82, 2.24) is 0 Å². The van der Waals surface area contributed by atoms with Crippen LogP contribution >= 0.6 is 65.7 Å². The predicted octanol–water partition coefficient (Wildman–Crippen LogP) is 5.41. The summed E-state index contributed by atoms with van der Waals surface area (Å²) in [5, 5.41) is 0. The summed E-state index contributed by atoms with van der Waals surface area (Å²) >= 11 is 8.08. The van der Waals surface area contributed by atoms with Gasteiger partial charge < -0.3 is 0 Å². The first-order valence-corrected chi connectivity index (χ1v) is 14.1. The maximum absolute atomic E-state index is 2.69. The average Bonchev–Trinajstić information content (AvgIpc) is 1.63. The second-order valence-corrected chi connectivity index (χ2v) is 42.4. The fraction of sp³-hybridized carbons (Fsp3) is 1.00. The minimum absolute atomic E-state index is 0.827. The minimum atomic E-state index is -1.41. The molecule has 0 unspecified atom stereocenters. The molecule has 64 valence electrons. The van der Waals surface area contributed by atoms with Crippen molar-refractivity contribution >= 4 is 65.7 Å². The molecule has 0 aromatic carbocycles. The van der Waals surface area contributed by atoms with Gasteiger partial charge in [-0.05, 0) is 0 Å². The van der Waals surface area contributed by atoms with Crippen LogP contribution in [0, 0.1) is 0 Å². The van der Waals surface area contributed by atoms with E-state index in [-0.39, 0.29) is 0 Å². The summed E-state index contributed by atoms with van der Waals surface area (Å²) < 4.78 is -1.41. The summed E-state index contributed by atoms with van der Waals surface area (Å²) in [7, 11) is 0. The molecule has 0 amide bonds. The molecule has 0 aromatic rings. The molecule has 0 aliphatic rings. The van der Waals surface area contributed by atoms with Gasteiger partial charge in [0.05, 0.1) is 0 Å². The van der Waals surface area contributed by atoms with Crippen LogP contribution in [0.25, 0.3) is 0 Å². The summed E-state index contributed by atoms with van der Waals surface area (Å²) in [6.45, 7) is 9.35. The van der Waals surface area contributed by atoms with Gasteiger partial charge in [-0.25, -0.2) is 0 Å². The molecule has 0 fully saturated rings. The molecule has 0 aromatic heterocycles. The molecule has 0 saturated carbocycles. The number of hydrogen-bond donors (Lipinski definition) is 0. The van der Waals surface area contributed by atoms with E-state index in [1.54, 1.807) is 0 Å². The first kappa shape index (κ1) is 12.6. The third kappa shape index (κ3) is 2.83. The molecule has 0 N–H and O–H groups in total. The van der Waals surface area contributed by atoms with Crippen molar-refractivity contribution in [3.8, 4) is 0 Å². The SMILES string of the molecule is CC(C)P(I)(I)(I)C(C)C. The summed E-state index contributed by atoms with van der Waals surface area (Å²) in [5.74, 6) is 0. The van der Waals surface area contributed by atoms with E-state index in [4.69, 9.17) is 0 Å². The Balaban J connectivity index is 4.59. The Bertz CT molecular complexity index is 111. The first-order valence-electron chi connectivity index (χ1n) is 3.33. The van der Waals surface area contributed by atoms with E-state index in [1.807, 2.05) is 0 Å². The van der Waals surface area contributed by atoms with Crippen molar-refractivity contribution in [1.29, 1.82) is 0 Å². The van der Waals surface area contributed by atoms with Gasteiger partial charge in [0.2, 0.25) is 0 Å². The van der Waals surface area contributed by atoms with E-state index >= 15 is 0 Å². The Morgan fingerprint density at radius 2 is 1.00 bits per heavy atom. The Morgan fingerprint density at radius 3 is 1.00 bits per heavy atom.